The highest BCUT2D eigenvalue weighted by molar-refractivity contribution is 7.89. The van der Waals surface area contributed by atoms with E-state index in [-0.39, 0.29) is 24.7 Å². The van der Waals surface area contributed by atoms with E-state index in [2.05, 4.69) is 4.90 Å². The van der Waals surface area contributed by atoms with Crippen LogP contribution in [0.25, 0.3) is 0 Å². The highest BCUT2D eigenvalue weighted by Gasteiger charge is 2.52. The van der Waals surface area contributed by atoms with Crippen molar-refractivity contribution in [3.63, 3.8) is 0 Å². The molecule has 9 heteroatoms. The highest BCUT2D eigenvalue weighted by atomic mass is 32.2. The van der Waals surface area contributed by atoms with Crippen molar-refractivity contribution < 1.29 is 22.7 Å². The molecule has 0 atom stereocenters. The minimum Gasteiger partial charge on any atom is -0.450 e. The molecule has 0 bridgehead atoms. The quantitative estimate of drug-likeness (QED) is 0.627. The second-order valence-corrected chi connectivity index (χ2v) is 9.54. The van der Waals surface area contributed by atoms with Crippen molar-refractivity contribution in [1.29, 1.82) is 0 Å². The van der Waals surface area contributed by atoms with Crippen molar-refractivity contribution >= 4 is 21.9 Å². The molecule has 0 saturated carbocycles. The Labute approximate surface area is 154 Å². The summed E-state index contributed by atoms with van der Waals surface area (Å²) < 4.78 is 31.3. The molecule has 0 aromatic carbocycles. The number of nitrogens with zero attached hydrogens (tertiary/aromatic N) is 3. The van der Waals surface area contributed by atoms with Gasteiger partial charge in [-0.3, -0.25) is 4.79 Å². The number of carbonyl (C=O) groups is 2. The molecule has 1 amide bonds. The van der Waals surface area contributed by atoms with Gasteiger partial charge in [-0.15, -0.1) is 0 Å². The molecule has 0 unspecified atom stereocenters. The summed E-state index contributed by atoms with van der Waals surface area (Å²) in [6.07, 6.45) is 0.647. The van der Waals surface area contributed by atoms with Crippen LogP contribution in [0.15, 0.2) is 11.1 Å². The molecule has 1 spiro atoms. The number of piperidine rings is 1. The van der Waals surface area contributed by atoms with E-state index in [1.807, 2.05) is 7.05 Å². The van der Waals surface area contributed by atoms with Crippen LogP contribution in [0.2, 0.25) is 0 Å². The highest BCUT2D eigenvalue weighted by Crippen LogP contribution is 2.42. The number of piperazine rings is 1. The summed E-state index contributed by atoms with van der Waals surface area (Å²) in [6.45, 7) is 6.59. The molecule has 2 saturated heterocycles. The minimum atomic E-state index is -3.28. The number of carbonyl (C=O) groups excluding carboxylic acids is 2. The van der Waals surface area contributed by atoms with Crippen LogP contribution in [0.5, 0.6) is 0 Å². The van der Waals surface area contributed by atoms with E-state index in [9.17, 15) is 18.0 Å². The molecule has 3 rings (SSSR count). The van der Waals surface area contributed by atoms with Crippen molar-refractivity contribution in [2.75, 3.05) is 52.1 Å². The number of ether oxygens (including phenoxy) is 1. The second kappa shape index (κ2) is 6.94. The first-order valence-corrected chi connectivity index (χ1v) is 10.7. The normalized spacial score (nSPS) is 25.0. The first-order chi connectivity index (χ1) is 12.2. The van der Waals surface area contributed by atoms with Gasteiger partial charge in [0.15, 0.2) is 0 Å². The van der Waals surface area contributed by atoms with E-state index >= 15 is 0 Å². The smallest absolute Gasteiger partial charge is 0.335 e. The zero-order valence-corrected chi connectivity index (χ0v) is 16.5. The molecule has 0 aromatic heterocycles. The number of hydrogen-bond acceptors (Lipinski definition) is 6. The maximum atomic E-state index is 13.2. The lowest BCUT2D eigenvalue weighted by Crippen LogP contribution is -2.53. The average molecular weight is 385 g/mol. The fraction of sp³-hybridized carbons (Fsp3) is 0.765. The lowest BCUT2D eigenvalue weighted by molar-refractivity contribution is -0.150. The van der Waals surface area contributed by atoms with Gasteiger partial charge < -0.3 is 14.5 Å². The fourth-order valence-corrected chi connectivity index (χ4v) is 5.04. The maximum Gasteiger partial charge on any atom is 0.335 e. The van der Waals surface area contributed by atoms with Crippen molar-refractivity contribution in [1.82, 2.24) is 14.1 Å². The first-order valence-electron chi connectivity index (χ1n) is 9.10. The summed E-state index contributed by atoms with van der Waals surface area (Å²) in [5.41, 5.74) is -0.192. The predicted octanol–water partition coefficient (Wildman–Crippen LogP) is -0.182. The Morgan fingerprint density at radius 3 is 2.23 bits per heavy atom. The summed E-state index contributed by atoms with van der Waals surface area (Å²) in [5.74, 6) is -0.565. The summed E-state index contributed by atoms with van der Waals surface area (Å²) >= 11 is 0. The number of sulfonamides is 1. The van der Waals surface area contributed by atoms with E-state index in [0.29, 0.717) is 37.1 Å². The van der Waals surface area contributed by atoms with Crippen LogP contribution in [0.4, 0.5) is 0 Å². The van der Waals surface area contributed by atoms with E-state index in [1.165, 1.54) is 4.31 Å². The van der Waals surface area contributed by atoms with Crippen LogP contribution < -0.4 is 0 Å². The van der Waals surface area contributed by atoms with Gasteiger partial charge in [-0.1, -0.05) is 0 Å². The van der Waals surface area contributed by atoms with Gasteiger partial charge in [-0.05, 0) is 20.9 Å². The number of hydrogen-bond donors (Lipinski definition) is 0. The molecule has 3 aliphatic heterocycles. The topological polar surface area (TPSA) is 87.2 Å². The lowest BCUT2D eigenvalue weighted by atomic mass is 9.83. The third-order valence-electron chi connectivity index (χ3n) is 5.72. The van der Waals surface area contributed by atoms with Crippen LogP contribution in [-0.2, 0) is 24.3 Å². The average Bonchev–Trinajstić information content (AvgIpc) is 2.85. The maximum absolute atomic E-state index is 13.2. The summed E-state index contributed by atoms with van der Waals surface area (Å²) in [5, 5.41) is 0. The lowest BCUT2D eigenvalue weighted by Gasteiger charge is -2.40. The number of likely N-dealkylation sites (N-methyl/N-ethyl adjacent to an activating group) is 1. The molecule has 2 fully saturated rings. The third kappa shape index (κ3) is 3.27. The molecule has 0 radical (unpaired) electrons. The van der Waals surface area contributed by atoms with Gasteiger partial charge in [0.2, 0.25) is 10.0 Å². The predicted molar refractivity (Wildman–Crippen MR) is 95.9 cm³/mol. The Kier molecular flexibility index (Phi) is 5.15. The molecular weight excluding hydrogens is 358 g/mol. The molecule has 8 nitrogen and oxygen atoms in total. The molecule has 146 valence electrons. The van der Waals surface area contributed by atoms with Gasteiger partial charge in [0, 0.05) is 57.7 Å². The molecule has 0 aromatic rings. The Bertz CT molecular complexity index is 729. The van der Waals surface area contributed by atoms with Gasteiger partial charge in [-0.25, -0.2) is 17.5 Å². The van der Waals surface area contributed by atoms with E-state index < -0.39 is 21.6 Å². The Morgan fingerprint density at radius 1 is 1.12 bits per heavy atom. The van der Waals surface area contributed by atoms with Gasteiger partial charge >= 0.3 is 5.97 Å². The fourth-order valence-electron chi connectivity index (χ4n) is 3.93. The van der Waals surface area contributed by atoms with Crippen LogP contribution in [0.1, 0.15) is 26.7 Å². The van der Waals surface area contributed by atoms with Crippen molar-refractivity contribution in [3.05, 3.63) is 11.1 Å². The van der Waals surface area contributed by atoms with Crippen LogP contribution >= 0.6 is 0 Å². The standard InChI is InChI=1S/C17H27N3O5S/c1-4-26(23,24)20-7-5-17(6-8-20)14(13(2)16(22)25-17)15(21)19-11-9-18(3)10-12-19/h4-12H2,1-3H3. The van der Waals surface area contributed by atoms with E-state index in [4.69, 9.17) is 4.74 Å². The largest absolute Gasteiger partial charge is 0.450 e. The summed E-state index contributed by atoms with van der Waals surface area (Å²) in [4.78, 5) is 29.3. The Hall–Kier alpha value is -1.45. The van der Waals surface area contributed by atoms with E-state index in [0.717, 1.165) is 13.1 Å². The zero-order valence-electron chi connectivity index (χ0n) is 15.7. The van der Waals surface area contributed by atoms with Gasteiger partial charge in [-0.2, -0.15) is 0 Å². The first kappa shape index (κ1) is 19.3. The van der Waals surface area contributed by atoms with Crippen LogP contribution in [0, 0.1) is 0 Å². The van der Waals surface area contributed by atoms with Crippen molar-refractivity contribution in [2.45, 2.75) is 32.3 Å². The van der Waals surface area contributed by atoms with Gasteiger partial charge in [0.25, 0.3) is 5.91 Å². The SMILES string of the molecule is CCS(=O)(=O)N1CCC2(CC1)OC(=O)C(C)=C2C(=O)N1CCN(C)CC1. The Morgan fingerprint density at radius 2 is 1.69 bits per heavy atom. The Balaban J connectivity index is 1.82. The summed E-state index contributed by atoms with van der Waals surface area (Å²) in [6, 6.07) is 0. The molecule has 0 N–H and O–H groups in total. The number of amides is 1. The minimum absolute atomic E-state index is 0.0434. The molecular formula is C17H27N3O5S. The van der Waals surface area contributed by atoms with Crippen molar-refractivity contribution in [2.24, 2.45) is 0 Å². The van der Waals surface area contributed by atoms with E-state index in [1.54, 1.807) is 18.7 Å². The molecule has 26 heavy (non-hydrogen) atoms. The monoisotopic (exact) mass is 385 g/mol. The number of esters is 1. The molecule has 0 aliphatic carbocycles. The van der Waals surface area contributed by atoms with Crippen LogP contribution in [-0.4, -0.2) is 92.1 Å². The third-order valence-corrected chi connectivity index (χ3v) is 7.60. The second-order valence-electron chi connectivity index (χ2n) is 7.28. The zero-order chi connectivity index (χ0) is 19.1. The molecule has 3 aliphatic rings. The summed E-state index contributed by atoms with van der Waals surface area (Å²) in [7, 11) is -1.27. The molecule has 3 heterocycles. The van der Waals surface area contributed by atoms with Gasteiger partial charge in [0.05, 0.1) is 11.3 Å². The van der Waals surface area contributed by atoms with Crippen LogP contribution in [0.3, 0.4) is 0 Å². The van der Waals surface area contributed by atoms with Crippen molar-refractivity contribution in [3.8, 4) is 0 Å². The number of rotatable bonds is 3. The van der Waals surface area contributed by atoms with Gasteiger partial charge in [0.1, 0.15) is 5.60 Å².